The largest absolute Gasteiger partial charge is 0.346 e. The summed E-state index contributed by atoms with van der Waals surface area (Å²) < 4.78 is 2.04. The molecule has 1 atom stereocenters. The van der Waals surface area contributed by atoms with Gasteiger partial charge in [0.2, 0.25) is 5.91 Å². The maximum absolute atomic E-state index is 12.7. The van der Waals surface area contributed by atoms with E-state index in [1.165, 1.54) is 32.1 Å². The second kappa shape index (κ2) is 8.79. The maximum atomic E-state index is 12.7. The molecule has 2 heterocycles. The Labute approximate surface area is 151 Å². The van der Waals surface area contributed by atoms with E-state index in [9.17, 15) is 4.79 Å². The van der Waals surface area contributed by atoms with E-state index in [-0.39, 0.29) is 17.9 Å². The lowest BCUT2D eigenvalue weighted by molar-refractivity contribution is -0.127. The van der Waals surface area contributed by atoms with Crippen LogP contribution in [0.5, 0.6) is 0 Å². The molecule has 0 unspecified atom stereocenters. The molecule has 0 aromatic carbocycles. The van der Waals surface area contributed by atoms with Crippen LogP contribution in [0.15, 0.2) is 6.33 Å². The number of piperidine rings is 1. The smallest absolute Gasteiger partial charge is 0.223 e. The molecule has 1 saturated carbocycles. The molecule has 25 heavy (non-hydrogen) atoms. The maximum Gasteiger partial charge on any atom is 0.223 e. The van der Waals surface area contributed by atoms with E-state index >= 15 is 0 Å². The highest BCUT2D eigenvalue weighted by molar-refractivity contribution is 5.79. The molecular formula is C19H33N5O. The summed E-state index contributed by atoms with van der Waals surface area (Å²) in [6.45, 7) is 7.17. The normalized spacial score (nSPS) is 22.0. The highest BCUT2D eigenvalue weighted by Crippen LogP contribution is 2.27. The quantitative estimate of drug-likeness (QED) is 0.859. The lowest BCUT2D eigenvalue weighted by atomic mass is 9.89. The van der Waals surface area contributed by atoms with Crippen molar-refractivity contribution < 1.29 is 4.79 Å². The van der Waals surface area contributed by atoms with Gasteiger partial charge in [0.15, 0.2) is 5.82 Å². The summed E-state index contributed by atoms with van der Waals surface area (Å²) in [5.74, 6) is 1.18. The summed E-state index contributed by atoms with van der Waals surface area (Å²) in [5, 5.41) is 11.4. The molecule has 2 aliphatic rings. The molecule has 140 valence electrons. The van der Waals surface area contributed by atoms with E-state index in [0.717, 1.165) is 50.8 Å². The van der Waals surface area contributed by atoms with Crippen LogP contribution in [0.1, 0.15) is 77.1 Å². The predicted octanol–water partition coefficient (Wildman–Crippen LogP) is 2.91. The Morgan fingerprint density at radius 3 is 2.64 bits per heavy atom. The van der Waals surface area contributed by atoms with Gasteiger partial charge in [0.05, 0.1) is 6.04 Å². The van der Waals surface area contributed by atoms with Crippen molar-refractivity contribution in [3.05, 3.63) is 12.2 Å². The molecule has 0 spiro atoms. The van der Waals surface area contributed by atoms with Gasteiger partial charge >= 0.3 is 0 Å². The molecule has 1 aromatic heterocycles. The van der Waals surface area contributed by atoms with E-state index in [4.69, 9.17) is 0 Å². The summed E-state index contributed by atoms with van der Waals surface area (Å²) in [4.78, 5) is 15.3. The molecule has 6 heteroatoms. The first-order valence-corrected chi connectivity index (χ1v) is 10.1. The third-order valence-corrected chi connectivity index (χ3v) is 5.85. The number of aromatic nitrogens is 3. The number of likely N-dealkylation sites (tertiary alicyclic amines) is 1. The van der Waals surface area contributed by atoms with Crippen molar-refractivity contribution in [2.45, 2.75) is 83.8 Å². The van der Waals surface area contributed by atoms with Gasteiger partial charge in [-0.05, 0) is 52.1 Å². The van der Waals surface area contributed by atoms with Crippen LogP contribution in [0.3, 0.4) is 0 Å². The van der Waals surface area contributed by atoms with Crippen LogP contribution in [-0.2, 0) is 11.3 Å². The van der Waals surface area contributed by atoms with Gasteiger partial charge < -0.3 is 14.8 Å². The zero-order valence-electron chi connectivity index (χ0n) is 15.8. The number of nitrogens with zero attached hydrogens (tertiary/aromatic N) is 4. The fourth-order valence-corrected chi connectivity index (χ4v) is 4.38. The number of aryl methyl sites for hydroxylation is 1. The number of carbonyl (C=O) groups excluding carboxylic acids is 1. The minimum Gasteiger partial charge on any atom is -0.346 e. The summed E-state index contributed by atoms with van der Waals surface area (Å²) in [5.41, 5.74) is 0. The molecule has 1 saturated heterocycles. The van der Waals surface area contributed by atoms with Crippen molar-refractivity contribution in [3.8, 4) is 0 Å². The number of amides is 1. The predicted molar refractivity (Wildman–Crippen MR) is 98.0 cm³/mol. The van der Waals surface area contributed by atoms with Crippen molar-refractivity contribution in [2.75, 3.05) is 13.1 Å². The summed E-state index contributed by atoms with van der Waals surface area (Å²) in [6, 6.07) is 0.683. The fourth-order valence-electron chi connectivity index (χ4n) is 4.38. The van der Waals surface area contributed by atoms with E-state index < -0.39 is 0 Å². The Kier molecular flexibility index (Phi) is 6.45. The minimum atomic E-state index is -0.0853. The summed E-state index contributed by atoms with van der Waals surface area (Å²) >= 11 is 0. The molecular weight excluding hydrogens is 314 g/mol. The average Bonchev–Trinajstić information content (AvgIpc) is 3.11. The second-order valence-corrected chi connectivity index (χ2v) is 7.71. The minimum absolute atomic E-state index is 0.0853. The molecule has 3 rings (SSSR count). The molecule has 0 radical (unpaired) electrons. The molecule has 0 bridgehead atoms. The van der Waals surface area contributed by atoms with Gasteiger partial charge in [-0.1, -0.05) is 26.2 Å². The number of rotatable bonds is 6. The Bertz CT molecular complexity index is 544. The summed E-state index contributed by atoms with van der Waals surface area (Å²) in [7, 11) is 0. The van der Waals surface area contributed by atoms with Gasteiger partial charge in [-0.2, -0.15) is 0 Å². The van der Waals surface area contributed by atoms with Crippen LogP contribution < -0.4 is 5.32 Å². The highest BCUT2D eigenvalue weighted by Gasteiger charge is 2.30. The van der Waals surface area contributed by atoms with Gasteiger partial charge in [-0.3, -0.25) is 4.79 Å². The first-order chi connectivity index (χ1) is 12.2. The van der Waals surface area contributed by atoms with E-state index in [1.54, 1.807) is 6.33 Å². The van der Waals surface area contributed by atoms with Gasteiger partial charge in [0.25, 0.3) is 0 Å². The molecule has 1 N–H and O–H groups in total. The van der Waals surface area contributed by atoms with Crippen molar-refractivity contribution in [2.24, 2.45) is 5.92 Å². The van der Waals surface area contributed by atoms with Crippen molar-refractivity contribution >= 4 is 5.91 Å². The third kappa shape index (κ3) is 4.60. The van der Waals surface area contributed by atoms with Crippen LogP contribution >= 0.6 is 0 Å². The van der Waals surface area contributed by atoms with Gasteiger partial charge in [0, 0.05) is 18.5 Å². The van der Waals surface area contributed by atoms with E-state index in [2.05, 4.69) is 27.3 Å². The molecule has 1 aliphatic carbocycles. The molecule has 1 amide bonds. The monoisotopic (exact) mass is 347 g/mol. The first-order valence-electron chi connectivity index (χ1n) is 10.1. The van der Waals surface area contributed by atoms with E-state index in [0.29, 0.717) is 0 Å². The zero-order chi connectivity index (χ0) is 17.6. The van der Waals surface area contributed by atoms with Crippen molar-refractivity contribution in [1.29, 1.82) is 0 Å². The van der Waals surface area contributed by atoms with Crippen LogP contribution in [-0.4, -0.2) is 44.7 Å². The Morgan fingerprint density at radius 1 is 1.24 bits per heavy atom. The Hall–Kier alpha value is -1.43. The SMILES string of the molecule is CCCn1cnnc1[C@@H](C)NC(=O)C1CCN(C2CCCCC2)CC1. The van der Waals surface area contributed by atoms with Gasteiger partial charge in [-0.15, -0.1) is 10.2 Å². The third-order valence-electron chi connectivity index (χ3n) is 5.85. The van der Waals surface area contributed by atoms with Crippen LogP contribution in [0.2, 0.25) is 0 Å². The molecule has 6 nitrogen and oxygen atoms in total. The van der Waals surface area contributed by atoms with Gasteiger partial charge in [-0.25, -0.2) is 0 Å². The Morgan fingerprint density at radius 2 is 1.96 bits per heavy atom. The van der Waals surface area contributed by atoms with E-state index in [1.807, 2.05) is 11.5 Å². The number of carbonyl (C=O) groups is 1. The lowest BCUT2D eigenvalue weighted by Gasteiger charge is -2.39. The van der Waals surface area contributed by atoms with Gasteiger partial charge in [0.1, 0.15) is 6.33 Å². The molecule has 2 fully saturated rings. The Balaban J connectivity index is 1.48. The standard InChI is InChI=1S/C19H33N5O/c1-3-11-24-14-20-22-18(24)15(2)21-19(25)16-9-12-23(13-10-16)17-7-5-4-6-8-17/h14-17H,3-13H2,1-2H3,(H,21,25)/t15-/m1/s1. The summed E-state index contributed by atoms with van der Waals surface area (Å²) in [6.07, 6.45) is 11.6. The number of hydrogen-bond acceptors (Lipinski definition) is 4. The molecule has 1 aromatic rings. The zero-order valence-corrected chi connectivity index (χ0v) is 15.8. The first kappa shape index (κ1) is 18.4. The van der Waals surface area contributed by atoms with Crippen molar-refractivity contribution in [1.82, 2.24) is 25.0 Å². The lowest BCUT2D eigenvalue weighted by Crippen LogP contribution is -2.45. The van der Waals surface area contributed by atoms with Crippen molar-refractivity contribution in [3.63, 3.8) is 0 Å². The molecule has 1 aliphatic heterocycles. The fraction of sp³-hybridized carbons (Fsp3) is 0.842. The average molecular weight is 348 g/mol. The van der Waals surface area contributed by atoms with Crippen LogP contribution in [0.4, 0.5) is 0 Å². The number of nitrogens with one attached hydrogen (secondary N) is 1. The second-order valence-electron chi connectivity index (χ2n) is 7.71. The van der Waals surface area contributed by atoms with Crippen LogP contribution in [0.25, 0.3) is 0 Å². The topological polar surface area (TPSA) is 63.1 Å². The van der Waals surface area contributed by atoms with Crippen LogP contribution in [0, 0.1) is 5.92 Å². The highest BCUT2D eigenvalue weighted by atomic mass is 16.2. The number of hydrogen-bond donors (Lipinski definition) is 1.